The lowest BCUT2D eigenvalue weighted by Crippen LogP contribution is -1.93. The van der Waals surface area contributed by atoms with Gasteiger partial charge in [-0.1, -0.05) is 17.7 Å². The van der Waals surface area contributed by atoms with Crippen LogP contribution in [0.1, 0.15) is 11.1 Å². The van der Waals surface area contributed by atoms with Crippen LogP contribution in [0.15, 0.2) is 34.8 Å². The molecule has 18 heavy (non-hydrogen) atoms. The quantitative estimate of drug-likeness (QED) is 0.780. The Balaban J connectivity index is 2.40. The van der Waals surface area contributed by atoms with Gasteiger partial charge in [0.25, 0.3) is 0 Å². The van der Waals surface area contributed by atoms with Crippen molar-refractivity contribution in [2.75, 3.05) is 5.73 Å². The number of nitrogen functional groups attached to an aromatic ring is 1. The number of rotatable bonds is 2. The molecule has 0 fully saturated rings. The van der Waals surface area contributed by atoms with Gasteiger partial charge in [0.1, 0.15) is 11.5 Å². The monoisotopic (exact) mass is 325 g/mol. The molecule has 0 aliphatic heterocycles. The van der Waals surface area contributed by atoms with Gasteiger partial charge in [-0.25, -0.2) is 0 Å². The van der Waals surface area contributed by atoms with Crippen molar-refractivity contribution < 1.29 is 4.74 Å². The highest BCUT2D eigenvalue weighted by Crippen LogP contribution is 2.36. The molecule has 94 valence electrons. The van der Waals surface area contributed by atoms with Gasteiger partial charge in [0, 0.05) is 5.69 Å². The molecule has 0 spiro atoms. The van der Waals surface area contributed by atoms with Crippen LogP contribution in [0.3, 0.4) is 0 Å². The normalized spacial score (nSPS) is 10.4. The Kier molecular flexibility index (Phi) is 3.83. The summed E-state index contributed by atoms with van der Waals surface area (Å²) in [6, 6.07) is 9.38. The zero-order valence-electron chi connectivity index (χ0n) is 10.1. The highest BCUT2D eigenvalue weighted by Gasteiger charge is 2.08. The first-order valence-electron chi connectivity index (χ1n) is 5.47. The van der Waals surface area contributed by atoms with Crippen molar-refractivity contribution >= 4 is 33.2 Å². The average molecular weight is 327 g/mol. The summed E-state index contributed by atoms with van der Waals surface area (Å²) < 4.78 is 6.63. The zero-order chi connectivity index (χ0) is 13.3. The Hall–Kier alpha value is -1.19. The third-order valence-electron chi connectivity index (χ3n) is 2.63. The van der Waals surface area contributed by atoms with E-state index in [1.165, 1.54) is 0 Å². The third kappa shape index (κ3) is 2.79. The molecule has 0 saturated heterocycles. The maximum atomic E-state index is 6.10. The van der Waals surface area contributed by atoms with Crippen LogP contribution in [0.2, 0.25) is 5.02 Å². The van der Waals surface area contributed by atoms with Gasteiger partial charge < -0.3 is 10.5 Å². The summed E-state index contributed by atoms with van der Waals surface area (Å²) >= 11 is 9.54. The standard InChI is InChI=1S/C14H13BrClNO/c1-8-3-4-11(16)14(5-8)18-13-6-9(2)12(17)7-10(13)15/h3-7H,17H2,1-2H3. The lowest BCUT2D eigenvalue weighted by molar-refractivity contribution is 0.479. The van der Waals surface area contributed by atoms with E-state index in [9.17, 15) is 0 Å². The minimum atomic E-state index is 0.585. The van der Waals surface area contributed by atoms with Crippen LogP contribution in [-0.2, 0) is 0 Å². The molecule has 0 aromatic heterocycles. The predicted molar refractivity (Wildman–Crippen MR) is 79.6 cm³/mol. The van der Waals surface area contributed by atoms with Crippen molar-refractivity contribution in [3.63, 3.8) is 0 Å². The Labute approximate surface area is 120 Å². The first-order valence-corrected chi connectivity index (χ1v) is 6.64. The van der Waals surface area contributed by atoms with Crippen molar-refractivity contribution in [3.8, 4) is 11.5 Å². The minimum absolute atomic E-state index is 0.585. The number of anilines is 1. The van der Waals surface area contributed by atoms with Crippen LogP contribution in [0.4, 0.5) is 5.69 Å². The van der Waals surface area contributed by atoms with Gasteiger partial charge in [-0.05, 0) is 65.2 Å². The summed E-state index contributed by atoms with van der Waals surface area (Å²) in [5, 5.41) is 0.585. The molecule has 0 aliphatic carbocycles. The number of aryl methyl sites for hydroxylation is 2. The molecule has 2 nitrogen and oxygen atoms in total. The fourth-order valence-electron chi connectivity index (χ4n) is 1.56. The summed E-state index contributed by atoms with van der Waals surface area (Å²) in [6.07, 6.45) is 0. The van der Waals surface area contributed by atoms with Gasteiger partial charge in [0.05, 0.1) is 9.50 Å². The van der Waals surface area contributed by atoms with E-state index < -0.39 is 0 Å². The molecule has 0 atom stereocenters. The highest BCUT2D eigenvalue weighted by atomic mass is 79.9. The molecule has 2 rings (SSSR count). The second kappa shape index (κ2) is 5.21. The van der Waals surface area contributed by atoms with Crippen LogP contribution in [-0.4, -0.2) is 0 Å². The third-order valence-corrected chi connectivity index (χ3v) is 3.56. The molecule has 0 bridgehead atoms. The van der Waals surface area contributed by atoms with Gasteiger partial charge >= 0.3 is 0 Å². The minimum Gasteiger partial charge on any atom is -0.455 e. The fraction of sp³-hybridized carbons (Fsp3) is 0.143. The fourth-order valence-corrected chi connectivity index (χ4v) is 2.15. The molecule has 0 unspecified atom stereocenters. The summed E-state index contributed by atoms with van der Waals surface area (Å²) in [6.45, 7) is 3.93. The summed E-state index contributed by atoms with van der Waals surface area (Å²) in [5.74, 6) is 1.34. The van der Waals surface area contributed by atoms with Gasteiger partial charge in [0.2, 0.25) is 0 Å². The largest absolute Gasteiger partial charge is 0.455 e. The van der Waals surface area contributed by atoms with Crippen molar-refractivity contribution in [2.24, 2.45) is 0 Å². The van der Waals surface area contributed by atoms with E-state index in [1.807, 2.05) is 44.2 Å². The maximum Gasteiger partial charge on any atom is 0.146 e. The second-order valence-electron chi connectivity index (χ2n) is 4.18. The zero-order valence-corrected chi connectivity index (χ0v) is 12.5. The van der Waals surface area contributed by atoms with E-state index in [4.69, 9.17) is 22.1 Å². The molecule has 0 aliphatic rings. The van der Waals surface area contributed by atoms with Gasteiger partial charge in [-0.3, -0.25) is 0 Å². The van der Waals surface area contributed by atoms with Crippen LogP contribution < -0.4 is 10.5 Å². The van der Waals surface area contributed by atoms with E-state index >= 15 is 0 Å². The molecule has 0 amide bonds. The number of ether oxygens (including phenoxy) is 1. The number of hydrogen-bond donors (Lipinski definition) is 1. The van der Waals surface area contributed by atoms with E-state index in [-0.39, 0.29) is 0 Å². The highest BCUT2D eigenvalue weighted by molar-refractivity contribution is 9.10. The Morgan fingerprint density at radius 1 is 1.11 bits per heavy atom. The van der Waals surface area contributed by atoms with Gasteiger partial charge in [-0.15, -0.1) is 0 Å². The molecule has 0 radical (unpaired) electrons. The number of benzene rings is 2. The molecule has 4 heteroatoms. The first-order chi connectivity index (χ1) is 8.47. The molecule has 2 N–H and O–H groups in total. The van der Waals surface area contributed by atoms with Gasteiger partial charge in [0.15, 0.2) is 0 Å². The van der Waals surface area contributed by atoms with Crippen molar-refractivity contribution in [2.45, 2.75) is 13.8 Å². The van der Waals surface area contributed by atoms with Crippen molar-refractivity contribution in [1.29, 1.82) is 0 Å². The molecule has 0 heterocycles. The predicted octanol–water partition coefficient (Wildman–Crippen LogP) is 5.09. The number of nitrogens with two attached hydrogens (primary N) is 1. The number of hydrogen-bond acceptors (Lipinski definition) is 2. The van der Waals surface area contributed by atoms with E-state index in [0.29, 0.717) is 16.5 Å². The molecular formula is C14H13BrClNO. The smallest absolute Gasteiger partial charge is 0.146 e. The van der Waals surface area contributed by atoms with Crippen LogP contribution in [0, 0.1) is 13.8 Å². The van der Waals surface area contributed by atoms with Crippen LogP contribution in [0.5, 0.6) is 11.5 Å². The summed E-state index contributed by atoms with van der Waals surface area (Å²) in [7, 11) is 0. The van der Waals surface area contributed by atoms with Crippen LogP contribution in [0.25, 0.3) is 0 Å². The Morgan fingerprint density at radius 3 is 2.56 bits per heavy atom. The van der Waals surface area contributed by atoms with E-state index in [0.717, 1.165) is 21.3 Å². The lowest BCUT2D eigenvalue weighted by Gasteiger charge is -2.12. The lowest BCUT2D eigenvalue weighted by atomic mass is 10.2. The first kappa shape index (κ1) is 13.2. The molecule has 2 aromatic rings. The topological polar surface area (TPSA) is 35.2 Å². The Bertz CT molecular complexity index is 599. The molecule has 2 aromatic carbocycles. The van der Waals surface area contributed by atoms with E-state index in [1.54, 1.807) is 0 Å². The summed E-state index contributed by atoms with van der Waals surface area (Å²) in [5.41, 5.74) is 8.62. The SMILES string of the molecule is Cc1ccc(Cl)c(Oc2cc(C)c(N)cc2Br)c1. The van der Waals surface area contributed by atoms with E-state index in [2.05, 4.69) is 15.9 Å². The Morgan fingerprint density at radius 2 is 1.83 bits per heavy atom. The molecule has 0 saturated carbocycles. The maximum absolute atomic E-state index is 6.10. The van der Waals surface area contributed by atoms with Crippen molar-refractivity contribution in [1.82, 2.24) is 0 Å². The number of halogens is 2. The van der Waals surface area contributed by atoms with Crippen molar-refractivity contribution in [3.05, 3.63) is 51.0 Å². The van der Waals surface area contributed by atoms with Gasteiger partial charge in [-0.2, -0.15) is 0 Å². The molecular weight excluding hydrogens is 314 g/mol. The second-order valence-corrected chi connectivity index (χ2v) is 5.44. The van der Waals surface area contributed by atoms with Crippen LogP contribution >= 0.6 is 27.5 Å². The summed E-state index contributed by atoms with van der Waals surface area (Å²) in [4.78, 5) is 0. The average Bonchev–Trinajstić information content (AvgIpc) is 2.30.